The fourth-order valence-electron chi connectivity index (χ4n) is 4.44. The van der Waals surface area contributed by atoms with Gasteiger partial charge in [0.15, 0.2) is 5.17 Å². The first kappa shape index (κ1) is 27.6. The molecule has 1 amide bonds. The summed E-state index contributed by atoms with van der Waals surface area (Å²) in [7, 11) is 1.98. The van der Waals surface area contributed by atoms with Crippen molar-refractivity contribution in [2.24, 2.45) is 4.99 Å². The SMILES string of the molecule is CCNc1ccc(C#N)cc1/N=C1/S/C(=C2\Sc3cc(NCCCO)ccc3N2C)C(=O)N1Cc1ccccc1. The normalized spacial score (nSPS) is 17.4. The van der Waals surface area contributed by atoms with E-state index in [0.29, 0.717) is 47.4 Å². The molecule has 2 aliphatic rings. The van der Waals surface area contributed by atoms with Gasteiger partial charge >= 0.3 is 0 Å². The van der Waals surface area contributed by atoms with Gasteiger partial charge in [0, 0.05) is 37.3 Å². The van der Waals surface area contributed by atoms with Gasteiger partial charge in [-0.1, -0.05) is 42.1 Å². The van der Waals surface area contributed by atoms with E-state index < -0.39 is 0 Å². The molecule has 0 spiro atoms. The van der Waals surface area contributed by atoms with E-state index in [9.17, 15) is 10.1 Å². The second-order valence-electron chi connectivity index (χ2n) is 9.23. The first-order chi connectivity index (χ1) is 19.5. The molecule has 0 radical (unpaired) electrons. The molecule has 3 aromatic rings. The first-order valence-electron chi connectivity index (χ1n) is 13.1. The highest BCUT2D eigenvalue weighted by Gasteiger charge is 2.39. The van der Waals surface area contributed by atoms with Crippen molar-refractivity contribution in [3.63, 3.8) is 0 Å². The topological polar surface area (TPSA) is 104 Å². The van der Waals surface area contributed by atoms with E-state index in [0.717, 1.165) is 32.6 Å². The number of hydrogen-bond acceptors (Lipinski definition) is 9. The summed E-state index contributed by atoms with van der Waals surface area (Å²) in [6.45, 7) is 3.93. The molecule has 2 heterocycles. The third-order valence-corrected chi connectivity index (χ3v) is 8.86. The summed E-state index contributed by atoms with van der Waals surface area (Å²) in [5.41, 5.74) is 4.95. The number of amidine groups is 1. The molecule has 3 N–H and O–H groups in total. The number of hydrogen-bond donors (Lipinski definition) is 3. The van der Waals surface area contributed by atoms with Crippen molar-refractivity contribution in [1.29, 1.82) is 5.26 Å². The van der Waals surface area contributed by atoms with Gasteiger partial charge in [0.25, 0.3) is 5.91 Å². The van der Waals surface area contributed by atoms with Crippen molar-refractivity contribution in [1.82, 2.24) is 4.90 Å². The van der Waals surface area contributed by atoms with E-state index in [1.165, 1.54) is 11.8 Å². The minimum absolute atomic E-state index is 0.0995. The molecule has 10 heteroatoms. The standard InChI is InChI=1S/C30H30N6O2S2/c1-3-32-23-12-10-21(18-31)16-24(23)34-30-36(19-20-8-5-4-6-9-20)28(38)27(40-30)29-35(2)25-13-11-22(17-26(25)39-29)33-14-7-15-37/h4-6,8-13,16-17,32-33,37H,3,7,14-15,19H2,1-2H3/b29-27-,34-30+. The molecule has 204 valence electrons. The Kier molecular flexibility index (Phi) is 8.65. The predicted molar refractivity (Wildman–Crippen MR) is 165 cm³/mol. The lowest BCUT2D eigenvalue weighted by atomic mass is 10.2. The summed E-state index contributed by atoms with van der Waals surface area (Å²) in [6, 6.07) is 23.6. The van der Waals surface area contributed by atoms with E-state index in [2.05, 4.69) is 27.7 Å². The summed E-state index contributed by atoms with van der Waals surface area (Å²) in [4.78, 5) is 24.4. The van der Waals surface area contributed by atoms with Crippen LogP contribution in [0.15, 0.2) is 86.6 Å². The van der Waals surface area contributed by atoms with Gasteiger partial charge in [-0.25, -0.2) is 4.99 Å². The average molecular weight is 571 g/mol. The Bertz CT molecular complexity index is 1520. The van der Waals surface area contributed by atoms with Gasteiger partial charge in [-0.2, -0.15) is 5.26 Å². The van der Waals surface area contributed by atoms with Gasteiger partial charge in [-0.3, -0.25) is 9.69 Å². The molecule has 3 aromatic carbocycles. The number of aliphatic imine (C=N–C) groups is 1. The molecular formula is C30H30N6O2S2. The lowest BCUT2D eigenvalue weighted by Crippen LogP contribution is -2.29. The Morgan fingerprint density at radius 1 is 1.05 bits per heavy atom. The maximum Gasteiger partial charge on any atom is 0.269 e. The molecule has 0 saturated carbocycles. The summed E-state index contributed by atoms with van der Waals surface area (Å²) in [5.74, 6) is -0.0995. The lowest BCUT2D eigenvalue weighted by molar-refractivity contribution is -0.122. The van der Waals surface area contributed by atoms with Crippen molar-refractivity contribution in [3.8, 4) is 6.07 Å². The van der Waals surface area contributed by atoms with E-state index >= 15 is 0 Å². The van der Waals surface area contributed by atoms with Gasteiger partial charge in [0.2, 0.25) is 0 Å². The number of rotatable bonds is 9. The van der Waals surface area contributed by atoms with Crippen LogP contribution in [0.3, 0.4) is 0 Å². The molecule has 1 saturated heterocycles. The van der Waals surface area contributed by atoms with Gasteiger partial charge in [0.05, 0.1) is 40.3 Å². The number of aliphatic hydroxyl groups excluding tert-OH is 1. The fraction of sp³-hybridized carbons (Fsp3) is 0.233. The van der Waals surface area contributed by atoms with E-state index in [1.807, 2.05) is 62.5 Å². The largest absolute Gasteiger partial charge is 0.396 e. The number of carbonyl (C=O) groups is 1. The van der Waals surface area contributed by atoms with Crippen LogP contribution >= 0.6 is 23.5 Å². The zero-order chi connectivity index (χ0) is 28.1. The molecule has 1 fully saturated rings. The van der Waals surface area contributed by atoms with Gasteiger partial charge in [-0.15, -0.1) is 0 Å². The number of anilines is 3. The Balaban J connectivity index is 1.53. The molecule has 0 atom stereocenters. The van der Waals surface area contributed by atoms with Crippen LogP contribution < -0.4 is 15.5 Å². The smallest absolute Gasteiger partial charge is 0.269 e. The zero-order valence-electron chi connectivity index (χ0n) is 22.3. The van der Waals surface area contributed by atoms with Crippen molar-refractivity contribution in [3.05, 3.63) is 87.8 Å². The van der Waals surface area contributed by atoms with E-state index in [1.54, 1.807) is 28.8 Å². The number of nitriles is 1. The Labute approximate surface area is 242 Å². The van der Waals surface area contributed by atoms with Crippen LogP contribution in [0, 0.1) is 11.3 Å². The van der Waals surface area contributed by atoms with Crippen LogP contribution in [-0.4, -0.2) is 47.8 Å². The second-order valence-corrected chi connectivity index (χ2v) is 11.2. The molecule has 0 aromatic heterocycles. The summed E-state index contributed by atoms with van der Waals surface area (Å²) < 4.78 is 0. The van der Waals surface area contributed by atoms with Crippen LogP contribution in [0.1, 0.15) is 24.5 Å². The highest BCUT2D eigenvalue weighted by molar-refractivity contribution is 8.19. The number of benzene rings is 3. The Hall–Kier alpha value is -3.91. The summed E-state index contributed by atoms with van der Waals surface area (Å²) in [6.07, 6.45) is 0.677. The van der Waals surface area contributed by atoms with Crippen LogP contribution in [0.5, 0.6) is 0 Å². The Morgan fingerprint density at radius 2 is 1.88 bits per heavy atom. The average Bonchev–Trinajstić information content (AvgIpc) is 3.45. The minimum Gasteiger partial charge on any atom is -0.396 e. The van der Waals surface area contributed by atoms with Crippen molar-refractivity contribution in [2.45, 2.75) is 24.8 Å². The fourth-order valence-corrected chi connectivity index (χ4v) is 6.81. The van der Waals surface area contributed by atoms with Crippen LogP contribution in [0.4, 0.5) is 22.7 Å². The molecule has 8 nitrogen and oxygen atoms in total. The Morgan fingerprint density at radius 3 is 2.62 bits per heavy atom. The van der Waals surface area contributed by atoms with Crippen LogP contribution in [-0.2, 0) is 11.3 Å². The monoisotopic (exact) mass is 570 g/mol. The molecular weight excluding hydrogens is 541 g/mol. The maximum absolute atomic E-state index is 14.0. The molecule has 0 unspecified atom stereocenters. The third-order valence-electron chi connectivity index (χ3n) is 6.45. The maximum atomic E-state index is 14.0. The first-order valence-corrected chi connectivity index (χ1v) is 14.7. The van der Waals surface area contributed by atoms with Crippen molar-refractivity contribution < 1.29 is 9.90 Å². The molecule has 2 aliphatic heterocycles. The summed E-state index contributed by atoms with van der Waals surface area (Å²) >= 11 is 2.93. The second kappa shape index (κ2) is 12.5. The van der Waals surface area contributed by atoms with Crippen molar-refractivity contribution >= 4 is 57.3 Å². The van der Waals surface area contributed by atoms with Crippen LogP contribution in [0.25, 0.3) is 0 Å². The van der Waals surface area contributed by atoms with Gasteiger partial charge in [-0.05, 0) is 67.1 Å². The summed E-state index contributed by atoms with van der Waals surface area (Å²) in [5, 5.41) is 26.7. The number of amides is 1. The zero-order valence-corrected chi connectivity index (χ0v) is 24.0. The van der Waals surface area contributed by atoms with Crippen molar-refractivity contribution in [2.75, 3.05) is 42.3 Å². The van der Waals surface area contributed by atoms with E-state index in [-0.39, 0.29) is 12.5 Å². The van der Waals surface area contributed by atoms with E-state index in [4.69, 9.17) is 10.1 Å². The molecule has 40 heavy (non-hydrogen) atoms. The number of carbonyl (C=O) groups excluding carboxylic acids is 1. The highest BCUT2D eigenvalue weighted by atomic mass is 32.2. The van der Waals surface area contributed by atoms with Gasteiger partial charge < -0.3 is 20.6 Å². The van der Waals surface area contributed by atoms with Gasteiger partial charge in [0.1, 0.15) is 4.91 Å². The number of aliphatic hydroxyl groups is 1. The highest BCUT2D eigenvalue weighted by Crippen LogP contribution is 2.51. The molecule has 5 rings (SSSR count). The number of nitrogens with zero attached hydrogens (tertiary/aromatic N) is 4. The predicted octanol–water partition coefficient (Wildman–Crippen LogP) is 5.96. The number of thioether (sulfide) groups is 2. The lowest BCUT2D eigenvalue weighted by Gasteiger charge is -2.17. The molecule has 0 bridgehead atoms. The minimum atomic E-state index is -0.0995. The van der Waals surface area contributed by atoms with Crippen LogP contribution in [0.2, 0.25) is 0 Å². The molecule has 0 aliphatic carbocycles. The third kappa shape index (κ3) is 5.82. The number of nitrogens with one attached hydrogen (secondary N) is 2. The quantitative estimate of drug-likeness (QED) is 0.214. The number of fused-ring (bicyclic) bond motifs is 1.